The van der Waals surface area contributed by atoms with Crippen molar-refractivity contribution >= 4 is 57.2 Å². The average Bonchev–Trinajstić information content (AvgIpc) is 3.07. The second-order valence-electron chi connectivity index (χ2n) is 5.38. The quantitative estimate of drug-likeness (QED) is 0.621. The fraction of sp³-hybridized carbons (Fsp3) is 0.0556. The minimum Gasteiger partial charge on any atom is -0.320 e. The van der Waals surface area contributed by atoms with E-state index in [9.17, 15) is 9.59 Å². The van der Waals surface area contributed by atoms with Gasteiger partial charge in [0.2, 0.25) is 0 Å². The molecule has 0 radical (unpaired) electrons. The van der Waals surface area contributed by atoms with Gasteiger partial charge >= 0.3 is 0 Å². The van der Waals surface area contributed by atoms with Gasteiger partial charge in [-0.3, -0.25) is 14.9 Å². The minimum absolute atomic E-state index is 0.325. The van der Waals surface area contributed by atoms with Crippen molar-refractivity contribution in [1.82, 2.24) is 4.98 Å². The minimum atomic E-state index is -0.342. The summed E-state index contributed by atoms with van der Waals surface area (Å²) in [6, 6.07) is 11.8. The third-order valence-corrected chi connectivity index (χ3v) is 5.00. The van der Waals surface area contributed by atoms with Crippen molar-refractivity contribution in [2.75, 3.05) is 10.6 Å². The van der Waals surface area contributed by atoms with E-state index in [0.29, 0.717) is 31.3 Å². The number of nitrogens with one attached hydrogen (secondary N) is 2. The van der Waals surface area contributed by atoms with Gasteiger partial charge in [-0.15, -0.1) is 0 Å². The van der Waals surface area contributed by atoms with Crippen molar-refractivity contribution in [3.05, 3.63) is 74.7 Å². The fourth-order valence-electron chi connectivity index (χ4n) is 2.17. The van der Waals surface area contributed by atoms with E-state index in [1.807, 2.05) is 19.1 Å². The summed E-state index contributed by atoms with van der Waals surface area (Å²) in [5, 5.41) is 6.76. The van der Waals surface area contributed by atoms with Crippen molar-refractivity contribution in [3.8, 4) is 0 Å². The van der Waals surface area contributed by atoms with Crippen LogP contribution in [0.25, 0.3) is 0 Å². The molecule has 2 amide bonds. The van der Waals surface area contributed by atoms with Crippen LogP contribution < -0.4 is 10.6 Å². The number of thiazole rings is 1. The van der Waals surface area contributed by atoms with E-state index in [0.717, 1.165) is 16.9 Å². The number of hydrogen-bond acceptors (Lipinski definition) is 4. The summed E-state index contributed by atoms with van der Waals surface area (Å²) >= 11 is 13.0. The first kappa shape index (κ1) is 18.4. The summed E-state index contributed by atoms with van der Waals surface area (Å²) in [5.74, 6) is -0.671. The molecule has 0 bridgehead atoms. The highest BCUT2D eigenvalue weighted by Crippen LogP contribution is 2.27. The number of hydrogen-bond donors (Lipinski definition) is 2. The molecule has 1 heterocycles. The van der Waals surface area contributed by atoms with Gasteiger partial charge in [-0.2, -0.15) is 0 Å². The maximum absolute atomic E-state index is 12.4. The molecule has 0 unspecified atom stereocenters. The molecule has 0 saturated carbocycles. The molecule has 0 fully saturated rings. The highest BCUT2D eigenvalue weighted by atomic mass is 35.5. The van der Waals surface area contributed by atoms with E-state index < -0.39 is 0 Å². The normalized spacial score (nSPS) is 10.4. The lowest BCUT2D eigenvalue weighted by Gasteiger charge is -2.08. The number of anilines is 2. The van der Waals surface area contributed by atoms with Gasteiger partial charge in [-0.25, -0.2) is 4.98 Å². The smallest absolute Gasteiger partial charge is 0.267 e. The monoisotopic (exact) mass is 405 g/mol. The third-order valence-electron chi connectivity index (χ3n) is 3.52. The number of aryl methyl sites for hydroxylation is 1. The Kier molecular flexibility index (Phi) is 5.56. The van der Waals surface area contributed by atoms with Gasteiger partial charge in [0.1, 0.15) is 4.88 Å². The van der Waals surface area contributed by atoms with Gasteiger partial charge in [0.25, 0.3) is 11.8 Å². The van der Waals surface area contributed by atoms with Gasteiger partial charge in [-0.1, -0.05) is 46.7 Å². The van der Waals surface area contributed by atoms with E-state index in [1.165, 1.54) is 6.20 Å². The lowest BCUT2D eigenvalue weighted by atomic mass is 10.2. The number of carbonyl (C=O) groups excluding carboxylic acids is 2. The molecule has 3 rings (SSSR count). The molecule has 0 spiro atoms. The zero-order chi connectivity index (χ0) is 18.7. The molecule has 26 heavy (non-hydrogen) atoms. The molecule has 0 aliphatic rings. The van der Waals surface area contributed by atoms with Crippen LogP contribution in [-0.2, 0) is 0 Å². The molecule has 1 aromatic heterocycles. The molecule has 0 aliphatic heterocycles. The van der Waals surface area contributed by atoms with Crippen molar-refractivity contribution in [1.29, 1.82) is 0 Å². The van der Waals surface area contributed by atoms with Gasteiger partial charge in [0, 0.05) is 10.6 Å². The van der Waals surface area contributed by atoms with Crippen LogP contribution in [0.1, 0.15) is 25.6 Å². The van der Waals surface area contributed by atoms with Crippen molar-refractivity contribution in [2.45, 2.75) is 6.92 Å². The van der Waals surface area contributed by atoms with Crippen LogP contribution in [0, 0.1) is 6.92 Å². The number of aromatic nitrogens is 1. The Balaban J connectivity index is 1.70. The highest BCUT2D eigenvalue weighted by Gasteiger charge is 2.15. The van der Waals surface area contributed by atoms with Gasteiger partial charge in [0.15, 0.2) is 5.13 Å². The second kappa shape index (κ2) is 7.86. The number of nitrogens with zero attached hydrogens (tertiary/aromatic N) is 1. The molecule has 2 aromatic carbocycles. The Labute approximate surface area is 164 Å². The highest BCUT2D eigenvalue weighted by molar-refractivity contribution is 7.17. The third kappa shape index (κ3) is 4.22. The molecule has 0 saturated heterocycles. The van der Waals surface area contributed by atoms with E-state index in [2.05, 4.69) is 15.6 Å². The maximum atomic E-state index is 12.4. The maximum Gasteiger partial charge on any atom is 0.267 e. The molecular weight excluding hydrogens is 393 g/mol. The summed E-state index contributed by atoms with van der Waals surface area (Å²) < 4.78 is 0. The van der Waals surface area contributed by atoms with E-state index in [1.54, 1.807) is 30.3 Å². The number of rotatable bonds is 4. The summed E-state index contributed by atoms with van der Waals surface area (Å²) in [6.45, 7) is 1.85. The average molecular weight is 406 g/mol. The number of carbonyl (C=O) groups is 2. The van der Waals surface area contributed by atoms with Crippen molar-refractivity contribution in [3.63, 3.8) is 0 Å². The molecular formula is C18H13Cl2N3O2S. The Morgan fingerprint density at radius 2 is 1.73 bits per heavy atom. The first-order chi connectivity index (χ1) is 12.4. The standard InChI is InChI=1S/C18H13Cl2N3O2S/c1-10-3-2-4-13(20)15(10)22-17(25)14-9-21-18(26-14)23-16(24)11-5-7-12(19)8-6-11/h2-9H,1H3,(H,22,25)(H,21,23,24). The topological polar surface area (TPSA) is 71.1 Å². The summed E-state index contributed by atoms with van der Waals surface area (Å²) in [4.78, 5) is 29.0. The van der Waals surface area contributed by atoms with Crippen LogP contribution in [0.2, 0.25) is 10.0 Å². The molecule has 2 N–H and O–H groups in total. The number of halogens is 2. The molecule has 3 aromatic rings. The number of para-hydroxylation sites is 1. The van der Waals surface area contributed by atoms with Gasteiger partial charge in [0.05, 0.1) is 16.9 Å². The molecule has 8 heteroatoms. The summed E-state index contributed by atoms with van der Waals surface area (Å²) in [7, 11) is 0. The first-order valence-electron chi connectivity index (χ1n) is 7.53. The number of amides is 2. The van der Waals surface area contributed by atoms with Crippen LogP contribution in [0.3, 0.4) is 0 Å². The van der Waals surface area contributed by atoms with E-state index in [-0.39, 0.29) is 11.8 Å². The van der Waals surface area contributed by atoms with E-state index in [4.69, 9.17) is 23.2 Å². The Hall–Kier alpha value is -2.41. The Bertz CT molecular complexity index is 951. The fourth-order valence-corrected chi connectivity index (χ4v) is 3.27. The van der Waals surface area contributed by atoms with Crippen LogP contribution >= 0.6 is 34.5 Å². The summed E-state index contributed by atoms with van der Waals surface area (Å²) in [6.07, 6.45) is 1.41. The van der Waals surface area contributed by atoms with Crippen LogP contribution in [-0.4, -0.2) is 16.8 Å². The second-order valence-corrected chi connectivity index (χ2v) is 7.25. The van der Waals surface area contributed by atoms with E-state index >= 15 is 0 Å². The first-order valence-corrected chi connectivity index (χ1v) is 9.10. The van der Waals surface area contributed by atoms with Crippen LogP contribution in [0.4, 0.5) is 10.8 Å². The van der Waals surface area contributed by atoms with Crippen molar-refractivity contribution < 1.29 is 9.59 Å². The Morgan fingerprint density at radius 3 is 2.42 bits per heavy atom. The summed E-state index contributed by atoms with van der Waals surface area (Å²) in [5.41, 5.74) is 1.85. The van der Waals surface area contributed by atoms with Gasteiger partial charge in [-0.05, 0) is 42.8 Å². The van der Waals surface area contributed by atoms with Crippen LogP contribution in [0.15, 0.2) is 48.7 Å². The molecule has 132 valence electrons. The van der Waals surface area contributed by atoms with Crippen molar-refractivity contribution in [2.24, 2.45) is 0 Å². The van der Waals surface area contributed by atoms with Crippen LogP contribution in [0.5, 0.6) is 0 Å². The largest absolute Gasteiger partial charge is 0.320 e. The lowest BCUT2D eigenvalue weighted by molar-refractivity contribution is 0.102. The molecule has 0 atom stereocenters. The predicted molar refractivity (Wildman–Crippen MR) is 106 cm³/mol. The molecule has 5 nitrogen and oxygen atoms in total. The zero-order valence-corrected chi connectivity index (χ0v) is 15.9. The SMILES string of the molecule is Cc1cccc(Cl)c1NC(=O)c1cnc(NC(=O)c2ccc(Cl)cc2)s1. The lowest BCUT2D eigenvalue weighted by Crippen LogP contribution is -2.12. The zero-order valence-electron chi connectivity index (χ0n) is 13.5. The van der Waals surface area contributed by atoms with Gasteiger partial charge < -0.3 is 5.32 Å². The Morgan fingerprint density at radius 1 is 1.00 bits per heavy atom. The molecule has 0 aliphatic carbocycles. The number of benzene rings is 2. The predicted octanol–water partition coefficient (Wildman–Crippen LogP) is 5.26.